The van der Waals surface area contributed by atoms with E-state index in [-0.39, 0.29) is 54.4 Å². The minimum absolute atomic E-state index is 0.0161. The van der Waals surface area contributed by atoms with E-state index < -0.39 is 35.5 Å². The number of piperidine rings is 1. The van der Waals surface area contributed by atoms with Crippen molar-refractivity contribution in [2.75, 3.05) is 18.4 Å². The van der Waals surface area contributed by atoms with Crippen LogP contribution in [0.3, 0.4) is 0 Å². The molecule has 0 spiro atoms. The molecule has 1 aromatic carbocycles. The highest BCUT2D eigenvalue weighted by molar-refractivity contribution is 6.32. The van der Waals surface area contributed by atoms with Crippen LogP contribution in [0.2, 0.25) is 0 Å². The van der Waals surface area contributed by atoms with Gasteiger partial charge in [-0.15, -0.1) is 0 Å². The maximum atomic E-state index is 13.5. The van der Waals surface area contributed by atoms with Gasteiger partial charge in [0.2, 0.25) is 17.5 Å². The fourth-order valence-electron chi connectivity index (χ4n) is 3.46. The Kier molecular flexibility index (Phi) is 5.97. The summed E-state index contributed by atoms with van der Waals surface area (Å²) in [4.78, 5) is 36.8. The number of rotatable bonds is 4. The van der Waals surface area contributed by atoms with Gasteiger partial charge < -0.3 is 10.2 Å². The molecular formula is C18H13BF4N6O5. The molecule has 0 unspecified atom stereocenters. The molecule has 1 fully saturated rings. The molecule has 16 heteroatoms. The highest BCUT2D eigenvalue weighted by Gasteiger charge is 2.43. The summed E-state index contributed by atoms with van der Waals surface area (Å²) in [6, 6.07) is 3.41. The van der Waals surface area contributed by atoms with Crippen LogP contribution in [-0.2, 0) is 9.59 Å². The largest absolute Gasteiger partial charge is 0.471 e. The van der Waals surface area contributed by atoms with Gasteiger partial charge in [-0.2, -0.15) is 13.2 Å². The number of amides is 2. The first-order chi connectivity index (χ1) is 16.1. The van der Waals surface area contributed by atoms with Crippen LogP contribution in [0.15, 0.2) is 32.1 Å². The molecule has 1 saturated heterocycles. The molecule has 3 aromatic rings. The van der Waals surface area contributed by atoms with Crippen molar-refractivity contribution in [2.24, 2.45) is 5.92 Å². The second kappa shape index (κ2) is 8.76. The van der Waals surface area contributed by atoms with E-state index in [0.717, 1.165) is 16.7 Å². The van der Waals surface area contributed by atoms with Gasteiger partial charge in [-0.1, -0.05) is 10.6 Å². The van der Waals surface area contributed by atoms with Gasteiger partial charge >= 0.3 is 17.8 Å². The highest BCUT2D eigenvalue weighted by Crippen LogP contribution is 2.27. The number of benzene rings is 1. The molecule has 4 rings (SSSR count). The topological polar surface area (TPSA) is 136 Å². The van der Waals surface area contributed by atoms with Crippen LogP contribution < -0.4 is 16.5 Å². The highest BCUT2D eigenvalue weighted by atomic mass is 19.4. The van der Waals surface area contributed by atoms with Gasteiger partial charge in [0.1, 0.15) is 13.7 Å². The molecular weight excluding hydrogens is 467 g/mol. The molecule has 0 bridgehead atoms. The number of hydrogen-bond acceptors (Lipinski definition) is 8. The van der Waals surface area contributed by atoms with E-state index in [1.807, 2.05) is 0 Å². The molecule has 0 saturated carbocycles. The maximum absolute atomic E-state index is 13.5. The molecule has 11 nitrogen and oxygen atoms in total. The first-order valence-electron chi connectivity index (χ1n) is 9.70. The zero-order valence-corrected chi connectivity index (χ0v) is 17.0. The van der Waals surface area contributed by atoms with E-state index in [1.165, 1.54) is 6.07 Å². The van der Waals surface area contributed by atoms with Gasteiger partial charge in [0.25, 0.3) is 0 Å². The van der Waals surface area contributed by atoms with E-state index in [2.05, 4.69) is 29.9 Å². The van der Waals surface area contributed by atoms with Crippen molar-refractivity contribution in [2.45, 2.75) is 19.0 Å². The van der Waals surface area contributed by atoms with Gasteiger partial charge in [-0.3, -0.25) is 14.1 Å². The van der Waals surface area contributed by atoms with E-state index in [0.29, 0.717) is 4.90 Å². The Morgan fingerprint density at radius 3 is 2.50 bits per heavy atom. The Morgan fingerprint density at radius 1 is 1.15 bits per heavy atom. The normalized spacial score (nSPS) is 14.9. The molecule has 3 heterocycles. The Balaban J connectivity index is 1.52. The van der Waals surface area contributed by atoms with Crippen LogP contribution in [0.1, 0.15) is 12.8 Å². The number of carbonyl (C=O) groups is 2. The fraction of sp³-hybridized carbons (Fsp3) is 0.333. The van der Waals surface area contributed by atoms with Crippen LogP contribution in [0, 0.1) is 11.7 Å². The lowest BCUT2D eigenvalue weighted by molar-refractivity contribution is -0.186. The number of nitrogens with zero attached hydrogens (tertiary/aromatic N) is 5. The van der Waals surface area contributed by atoms with Crippen molar-refractivity contribution in [1.82, 2.24) is 24.9 Å². The summed E-state index contributed by atoms with van der Waals surface area (Å²) in [5.74, 6) is -5.46. The summed E-state index contributed by atoms with van der Waals surface area (Å²) in [5, 5.41) is 13.2. The van der Waals surface area contributed by atoms with E-state index in [9.17, 15) is 31.9 Å². The quantitative estimate of drug-likeness (QED) is 0.423. The minimum atomic E-state index is -4.99. The minimum Gasteiger partial charge on any atom is -0.335 e. The van der Waals surface area contributed by atoms with Crippen LogP contribution in [0.25, 0.3) is 17.2 Å². The molecule has 0 atom stereocenters. The average Bonchev–Trinajstić information content (AvgIpc) is 3.40. The Labute approximate surface area is 188 Å². The summed E-state index contributed by atoms with van der Waals surface area (Å²) >= 11 is 0. The van der Waals surface area contributed by atoms with Gasteiger partial charge in [0.05, 0.1) is 5.69 Å². The van der Waals surface area contributed by atoms with Gasteiger partial charge in [-0.25, -0.2) is 18.4 Å². The number of anilines is 1. The van der Waals surface area contributed by atoms with Gasteiger partial charge in [-0.05, 0) is 41.4 Å². The van der Waals surface area contributed by atoms with Crippen molar-refractivity contribution in [3.63, 3.8) is 0 Å². The molecule has 1 aliphatic rings. The lowest BCUT2D eigenvalue weighted by Gasteiger charge is -2.31. The zero-order chi connectivity index (χ0) is 24.6. The van der Waals surface area contributed by atoms with E-state index >= 15 is 0 Å². The van der Waals surface area contributed by atoms with Crippen LogP contribution in [-0.4, -0.2) is 63.9 Å². The Bertz CT molecular complexity index is 1290. The molecule has 2 aromatic heterocycles. The van der Waals surface area contributed by atoms with E-state index in [4.69, 9.17) is 7.85 Å². The number of hydrogen-bond donors (Lipinski definition) is 1. The number of aromatic nitrogens is 4. The standard InChI is InChI=1S/C18H13BF4N6O5/c19-10-7-9(1-2-11(10)20)29-14(27-33-17(29)32)12-13(26-34-25-12)24-15(30)8-3-5-28(6-4-8)16(31)18(21,22)23/h1-2,7-8H,3-6H2,(H,24,26,30). The van der Waals surface area contributed by atoms with Gasteiger partial charge in [0, 0.05) is 19.0 Å². The average molecular weight is 480 g/mol. The fourth-order valence-corrected chi connectivity index (χ4v) is 3.46. The summed E-state index contributed by atoms with van der Waals surface area (Å²) in [7, 11) is 5.54. The molecule has 0 aliphatic carbocycles. The summed E-state index contributed by atoms with van der Waals surface area (Å²) in [6.45, 7) is -0.510. The molecule has 176 valence electrons. The lowest BCUT2D eigenvalue weighted by Crippen LogP contribution is -2.46. The Hall–Kier alpha value is -3.98. The van der Waals surface area contributed by atoms with Crippen LogP contribution >= 0.6 is 0 Å². The zero-order valence-electron chi connectivity index (χ0n) is 17.0. The third-order valence-electron chi connectivity index (χ3n) is 5.18. The monoisotopic (exact) mass is 480 g/mol. The predicted octanol–water partition coefficient (Wildman–Crippen LogP) is 0.548. The molecule has 1 aliphatic heterocycles. The smallest absolute Gasteiger partial charge is 0.335 e. The summed E-state index contributed by atoms with van der Waals surface area (Å²) in [5.41, 5.74) is -0.368. The Morgan fingerprint density at radius 2 is 1.85 bits per heavy atom. The summed E-state index contributed by atoms with van der Waals surface area (Å²) in [6.07, 6.45) is -5.02. The van der Waals surface area contributed by atoms with Gasteiger partial charge in [0.15, 0.2) is 5.69 Å². The van der Waals surface area contributed by atoms with Crippen LogP contribution in [0.5, 0.6) is 0 Å². The van der Waals surface area contributed by atoms with Crippen molar-refractivity contribution < 1.29 is 36.3 Å². The number of halogens is 4. The maximum Gasteiger partial charge on any atom is 0.471 e. The van der Waals surface area contributed by atoms with Crippen molar-refractivity contribution >= 4 is 30.9 Å². The van der Waals surface area contributed by atoms with Crippen LogP contribution in [0.4, 0.5) is 23.4 Å². The molecule has 2 amide bonds. The number of nitrogens with one attached hydrogen (secondary N) is 1. The van der Waals surface area contributed by atoms with Crippen molar-refractivity contribution in [1.29, 1.82) is 0 Å². The summed E-state index contributed by atoms with van der Waals surface area (Å²) < 4.78 is 61.5. The number of alkyl halides is 3. The van der Waals surface area contributed by atoms with Crippen molar-refractivity contribution in [3.8, 4) is 17.2 Å². The first kappa shape index (κ1) is 23.2. The first-order valence-corrected chi connectivity index (χ1v) is 9.70. The predicted molar refractivity (Wildman–Crippen MR) is 105 cm³/mol. The molecule has 1 N–H and O–H groups in total. The van der Waals surface area contributed by atoms with Crippen molar-refractivity contribution in [3.05, 3.63) is 34.6 Å². The second-order valence-corrected chi connectivity index (χ2v) is 7.33. The molecule has 34 heavy (non-hydrogen) atoms. The second-order valence-electron chi connectivity index (χ2n) is 7.33. The third-order valence-corrected chi connectivity index (χ3v) is 5.18. The van der Waals surface area contributed by atoms with E-state index in [1.54, 1.807) is 0 Å². The lowest BCUT2D eigenvalue weighted by atomic mass is 9.95. The number of carbonyl (C=O) groups excluding carboxylic acids is 2. The third kappa shape index (κ3) is 4.42. The number of likely N-dealkylation sites (tertiary alicyclic amines) is 1. The molecule has 2 radical (unpaired) electrons. The SMILES string of the molecule is [B]c1cc(-n2c(-c3nonc3NC(=O)C3CCN(C(=O)C(F)(F)F)CC3)noc2=O)ccc1F.